The quantitative estimate of drug-likeness (QED) is 0.845. The minimum Gasteiger partial charge on any atom is -0.329 e. The van der Waals surface area contributed by atoms with Crippen LogP contribution in [0.1, 0.15) is 18.4 Å². The van der Waals surface area contributed by atoms with Gasteiger partial charge in [0, 0.05) is 18.8 Å². The molecule has 5 heteroatoms. The number of likely N-dealkylation sites (tertiary alicyclic amines) is 1. The van der Waals surface area contributed by atoms with Crippen LogP contribution in [0.2, 0.25) is 0 Å². The largest absolute Gasteiger partial charge is 0.329 e. The Morgan fingerprint density at radius 3 is 3.11 bits per heavy atom. The van der Waals surface area contributed by atoms with E-state index in [0.717, 1.165) is 22.5 Å². The van der Waals surface area contributed by atoms with Crippen LogP contribution in [-0.4, -0.2) is 39.1 Å². The monoisotopic (exact) mass is 262 g/mol. The zero-order valence-electron chi connectivity index (χ0n) is 10.8. The van der Waals surface area contributed by atoms with Crippen LogP contribution in [-0.2, 0) is 6.54 Å². The van der Waals surface area contributed by atoms with Crippen molar-refractivity contribution in [2.45, 2.75) is 32.4 Å². The average molecular weight is 262 g/mol. The van der Waals surface area contributed by atoms with Gasteiger partial charge in [-0.1, -0.05) is 0 Å². The van der Waals surface area contributed by atoms with Gasteiger partial charge in [0.05, 0.1) is 5.52 Å². The van der Waals surface area contributed by atoms with E-state index in [1.807, 2.05) is 12.3 Å². The molecule has 0 aromatic carbocycles. The van der Waals surface area contributed by atoms with Gasteiger partial charge in [0.2, 0.25) is 0 Å². The van der Waals surface area contributed by atoms with Gasteiger partial charge in [0.25, 0.3) is 0 Å². The fourth-order valence-electron chi connectivity index (χ4n) is 2.76. The highest BCUT2D eigenvalue weighted by Gasteiger charge is 2.22. The van der Waals surface area contributed by atoms with E-state index in [9.17, 15) is 0 Å². The fourth-order valence-corrected chi connectivity index (χ4v) is 3.03. The van der Waals surface area contributed by atoms with Crippen LogP contribution < -0.4 is 0 Å². The Labute approximate surface area is 112 Å². The topological polar surface area (TPSA) is 36.9 Å². The van der Waals surface area contributed by atoms with Crippen molar-refractivity contribution in [3.05, 3.63) is 22.6 Å². The van der Waals surface area contributed by atoms with Crippen LogP contribution in [0, 0.1) is 11.7 Å². The van der Waals surface area contributed by atoms with Crippen LogP contribution >= 0.6 is 12.2 Å². The number of aryl methyl sites for hydroxylation is 1. The van der Waals surface area contributed by atoms with Gasteiger partial charge in [-0.2, -0.15) is 0 Å². The van der Waals surface area contributed by atoms with E-state index < -0.39 is 0 Å². The maximum Gasteiger partial charge on any atom is 0.179 e. The number of H-pyrrole nitrogens is 1. The second-order valence-electron chi connectivity index (χ2n) is 5.14. The van der Waals surface area contributed by atoms with E-state index >= 15 is 0 Å². The molecule has 4 nitrogen and oxygen atoms in total. The zero-order chi connectivity index (χ0) is 12.7. The van der Waals surface area contributed by atoms with Gasteiger partial charge in [-0.25, -0.2) is 4.98 Å². The lowest BCUT2D eigenvalue weighted by Crippen LogP contribution is -2.29. The summed E-state index contributed by atoms with van der Waals surface area (Å²) in [4.78, 5) is 10.2. The number of aromatic nitrogens is 3. The van der Waals surface area contributed by atoms with E-state index in [1.54, 1.807) is 0 Å². The Bertz CT molecular complexity index is 627. The standard InChI is InChI=1S/C13H18N4S/c1-9-5-6-14-12-11(9)15-13(18)17(12)8-10-4-3-7-16(10)2/h5-6,10H,3-4,7-8H2,1-2H3,(H,15,18). The normalized spacial score (nSPS) is 20.9. The highest BCUT2D eigenvalue weighted by Crippen LogP contribution is 2.20. The Balaban J connectivity index is 2.04. The van der Waals surface area contributed by atoms with Crippen LogP contribution in [0.25, 0.3) is 11.2 Å². The number of nitrogens with one attached hydrogen (secondary N) is 1. The molecule has 2 aromatic heterocycles. The molecule has 96 valence electrons. The molecular formula is C13H18N4S. The number of imidazole rings is 1. The lowest BCUT2D eigenvalue weighted by atomic mass is 10.2. The first kappa shape index (κ1) is 11.9. The first-order valence-electron chi connectivity index (χ1n) is 6.41. The number of hydrogen-bond donors (Lipinski definition) is 1. The van der Waals surface area contributed by atoms with E-state index in [2.05, 4.69) is 33.4 Å². The molecule has 1 saturated heterocycles. The third-order valence-electron chi connectivity index (χ3n) is 3.94. The number of hydrogen-bond acceptors (Lipinski definition) is 3. The maximum atomic E-state index is 5.43. The lowest BCUT2D eigenvalue weighted by Gasteiger charge is -2.19. The predicted molar refractivity (Wildman–Crippen MR) is 75.3 cm³/mol. The molecule has 2 aromatic rings. The number of pyridine rings is 1. The molecule has 0 amide bonds. The van der Waals surface area contributed by atoms with Crippen molar-refractivity contribution in [3.63, 3.8) is 0 Å². The average Bonchev–Trinajstić information content (AvgIpc) is 2.87. The van der Waals surface area contributed by atoms with Gasteiger partial charge in [0.1, 0.15) is 0 Å². The minimum atomic E-state index is 0.581. The van der Waals surface area contributed by atoms with E-state index in [0.29, 0.717) is 6.04 Å². The van der Waals surface area contributed by atoms with Crippen molar-refractivity contribution in [2.75, 3.05) is 13.6 Å². The molecule has 0 radical (unpaired) electrons. The molecule has 1 aliphatic rings. The Hall–Kier alpha value is -1.20. The van der Waals surface area contributed by atoms with Crippen molar-refractivity contribution in [1.29, 1.82) is 0 Å². The summed E-state index contributed by atoms with van der Waals surface area (Å²) in [5, 5.41) is 0. The van der Waals surface area contributed by atoms with Crippen LogP contribution in [0.3, 0.4) is 0 Å². The molecule has 0 saturated carbocycles. The molecule has 0 bridgehead atoms. The van der Waals surface area contributed by atoms with Gasteiger partial charge < -0.3 is 9.88 Å². The van der Waals surface area contributed by atoms with Gasteiger partial charge >= 0.3 is 0 Å². The SMILES string of the molecule is Cc1ccnc2c1[nH]c(=S)n2CC1CCCN1C. The number of likely N-dealkylation sites (N-methyl/N-ethyl adjacent to an activating group) is 1. The zero-order valence-corrected chi connectivity index (χ0v) is 11.6. The number of rotatable bonds is 2. The Kier molecular flexibility index (Phi) is 2.95. The summed E-state index contributed by atoms with van der Waals surface area (Å²) in [6, 6.07) is 2.60. The molecule has 1 fully saturated rings. The van der Waals surface area contributed by atoms with Crippen molar-refractivity contribution in [2.24, 2.45) is 0 Å². The van der Waals surface area contributed by atoms with Gasteiger partial charge in [-0.05, 0) is 57.2 Å². The summed E-state index contributed by atoms with van der Waals surface area (Å²) < 4.78 is 2.93. The fraction of sp³-hybridized carbons (Fsp3) is 0.538. The summed E-state index contributed by atoms with van der Waals surface area (Å²) >= 11 is 5.43. The molecular weight excluding hydrogens is 244 g/mol. The molecule has 3 heterocycles. The lowest BCUT2D eigenvalue weighted by molar-refractivity contribution is 0.283. The molecule has 18 heavy (non-hydrogen) atoms. The summed E-state index contributed by atoms with van der Waals surface area (Å²) in [5.74, 6) is 0. The second kappa shape index (κ2) is 4.48. The Morgan fingerprint density at radius 1 is 1.56 bits per heavy atom. The van der Waals surface area contributed by atoms with Gasteiger partial charge in [-0.15, -0.1) is 0 Å². The van der Waals surface area contributed by atoms with Gasteiger partial charge in [0.15, 0.2) is 10.4 Å². The van der Waals surface area contributed by atoms with Gasteiger partial charge in [-0.3, -0.25) is 4.57 Å². The third-order valence-corrected chi connectivity index (χ3v) is 4.26. The molecule has 1 aliphatic heterocycles. The predicted octanol–water partition coefficient (Wildman–Crippen LogP) is 2.50. The molecule has 1 unspecified atom stereocenters. The summed E-state index contributed by atoms with van der Waals surface area (Å²) in [6.07, 6.45) is 4.38. The summed E-state index contributed by atoms with van der Waals surface area (Å²) in [5.41, 5.74) is 3.26. The molecule has 0 aliphatic carbocycles. The van der Waals surface area contributed by atoms with Crippen molar-refractivity contribution in [3.8, 4) is 0 Å². The van der Waals surface area contributed by atoms with Crippen LogP contribution in [0.5, 0.6) is 0 Å². The highest BCUT2D eigenvalue weighted by atomic mass is 32.1. The minimum absolute atomic E-state index is 0.581. The van der Waals surface area contributed by atoms with Crippen LogP contribution in [0.4, 0.5) is 0 Å². The highest BCUT2D eigenvalue weighted by molar-refractivity contribution is 7.71. The van der Waals surface area contributed by atoms with E-state index in [-0.39, 0.29) is 0 Å². The van der Waals surface area contributed by atoms with Crippen molar-refractivity contribution in [1.82, 2.24) is 19.4 Å². The number of nitrogens with zero attached hydrogens (tertiary/aromatic N) is 3. The molecule has 1 N–H and O–H groups in total. The molecule has 3 rings (SSSR count). The Morgan fingerprint density at radius 2 is 2.39 bits per heavy atom. The first-order valence-corrected chi connectivity index (χ1v) is 6.82. The first-order chi connectivity index (χ1) is 8.66. The summed E-state index contributed by atoms with van der Waals surface area (Å²) in [7, 11) is 2.19. The third kappa shape index (κ3) is 1.87. The number of fused-ring (bicyclic) bond motifs is 1. The smallest absolute Gasteiger partial charge is 0.179 e. The van der Waals surface area contributed by atoms with E-state index in [4.69, 9.17) is 12.2 Å². The molecule has 1 atom stereocenters. The molecule has 0 spiro atoms. The van der Waals surface area contributed by atoms with E-state index in [1.165, 1.54) is 24.9 Å². The second-order valence-corrected chi connectivity index (χ2v) is 5.53. The van der Waals surface area contributed by atoms with Crippen molar-refractivity contribution >= 4 is 23.4 Å². The maximum absolute atomic E-state index is 5.43. The van der Waals surface area contributed by atoms with Crippen molar-refractivity contribution < 1.29 is 0 Å². The number of aromatic amines is 1. The summed E-state index contributed by atoms with van der Waals surface area (Å²) in [6.45, 7) is 4.21. The van der Waals surface area contributed by atoms with Crippen LogP contribution in [0.15, 0.2) is 12.3 Å².